The first kappa shape index (κ1) is 22.9. The number of aliphatic hydroxyl groups is 2. The number of amides is 1. The molecule has 1 saturated heterocycles. The van der Waals surface area contributed by atoms with Gasteiger partial charge in [0, 0.05) is 11.8 Å². The van der Waals surface area contributed by atoms with E-state index in [0.717, 1.165) is 0 Å². The summed E-state index contributed by atoms with van der Waals surface area (Å²) in [5.74, 6) is -3.38. The molecular weight excluding hydrogens is 462 g/mol. The first-order valence-electron chi connectivity index (χ1n) is 9.27. The molecule has 1 amide bonds. The smallest absolute Gasteiger partial charge is 0.404 e. The van der Waals surface area contributed by atoms with E-state index in [1.54, 1.807) is 18.2 Å². The van der Waals surface area contributed by atoms with Crippen LogP contribution in [0.3, 0.4) is 0 Å². The van der Waals surface area contributed by atoms with E-state index in [4.69, 9.17) is 18.3 Å². The minimum absolute atomic E-state index is 0.142. The summed E-state index contributed by atoms with van der Waals surface area (Å²) in [5.41, 5.74) is -2.44. The van der Waals surface area contributed by atoms with Crippen molar-refractivity contribution in [2.24, 2.45) is 0 Å². The summed E-state index contributed by atoms with van der Waals surface area (Å²) in [5, 5.41) is 20.6. The fourth-order valence-corrected chi connectivity index (χ4v) is 4.70. The second kappa shape index (κ2) is 8.25. The Balaban J connectivity index is 1.55. The topological polar surface area (TPSA) is 132 Å². The second-order valence-electron chi connectivity index (χ2n) is 7.27. The number of hydrogen-bond donors (Lipinski definition) is 2. The van der Waals surface area contributed by atoms with Crippen LogP contribution in [0.4, 0.5) is 13.2 Å². The zero-order valence-corrected chi connectivity index (χ0v) is 17.0. The molecule has 4 rings (SSSR count). The zero-order valence-electron chi connectivity index (χ0n) is 16.1. The first-order chi connectivity index (χ1) is 15.1. The maximum absolute atomic E-state index is 14.0. The Bertz CT molecular complexity index is 1020. The lowest BCUT2D eigenvalue weighted by Crippen LogP contribution is -2.52. The molecule has 1 aromatic carbocycles. The molecule has 1 unspecified atom stereocenters. The van der Waals surface area contributed by atoms with Crippen molar-refractivity contribution in [1.82, 2.24) is 4.90 Å². The number of phosphoric ester groups is 1. The maximum Gasteiger partial charge on any atom is 0.530 e. The van der Waals surface area contributed by atoms with Gasteiger partial charge in [0.25, 0.3) is 6.43 Å². The van der Waals surface area contributed by atoms with E-state index in [9.17, 15) is 37.5 Å². The molecule has 1 fully saturated rings. The largest absolute Gasteiger partial charge is 0.530 e. The number of rotatable bonds is 5. The second-order valence-corrected chi connectivity index (χ2v) is 8.86. The molecule has 1 aromatic rings. The monoisotopic (exact) mass is 479 g/mol. The van der Waals surface area contributed by atoms with Gasteiger partial charge in [-0.1, -0.05) is 18.2 Å². The van der Waals surface area contributed by atoms with Crippen LogP contribution >= 0.6 is 7.82 Å². The summed E-state index contributed by atoms with van der Waals surface area (Å²) in [6, 6.07) is 6.33. The Morgan fingerprint density at radius 3 is 2.72 bits per heavy atom. The van der Waals surface area contributed by atoms with Crippen LogP contribution in [-0.2, 0) is 34.5 Å². The Labute approximate surface area is 178 Å². The summed E-state index contributed by atoms with van der Waals surface area (Å²) >= 11 is 0. The molecule has 0 aromatic heterocycles. The Morgan fingerprint density at radius 1 is 1.28 bits per heavy atom. The van der Waals surface area contributed by atoms with E-state index >= 15 is 0 Å². The lowest BCUT2D eigenvalue weighted by molar-refractivity contribution is -0.201. The highest BCUT2D eigenvalue weighted by atomic mass is 31.2. The molecule has 3 heterocycles. The van der Waals surface area contributed by atoms with Gasteiger partial charge in [-0.15, -0.1) is 0 Å². The number of benzene rings is 1. The summed E-state index contributed by atoms with van der Waals surface area (Å²) in [6.07, 6.45) is -10.5. The number of carbonyl (C=O) groups is 2. The first-order valence-corrected chi connectivity index (χ1v) is 10.7. The molecule has 0 radical (unpaired) electrons. The van der Waals surface area contributed by atoms with Crippen molar-refractivity contribution >= 4 is 19.5 Å². The number of ketones is 1. The third kappa shape index (κ3) is 3.85. The lowest BCUT2D eigenvalue weighted by Gasteiger charge is -2.33. The summed E-state index contributed by atoms with van der Waals surface area (Å²) in [4.78, 5) is 23.8. The molecule has 0 spiro atoms. The molecule has 3 aliphatic heterocycles. The molecule has 14 heteroatoms. The highest BCUT2D eigenvalue weighted by Gasteiger charge is 2.63. The number of aliphatic hydroxyl groups excluding tert-OH is 2. The molecule has 0 saturated carbocycles. The highest BCUT2D eigenvalue weighted by molar-refractivity contribution is 7.49. The molecular formula is C18H17F3NO9P. The standard InChI is InChI=1S/C18H17F3NO9P/c19-10-6-22(13(24)5-11(10)23)16-14(25)15(26)18(30-16,17(20)21)8-29-32(27)28-7-9-3-1-2-4-12(9)31-32/h1-4,6,14-17,25-26H,5,7-8H2/t14-,15-,16+,18+,32?/m0/s1. The van der Waals surface area contributed by atoms with Gasteiger partial charge < -0.3 is 19.5 Å². The molecule has 0 aliphatic carbocycles. The molecule has 5 atom stereocenters. The van der Waals surface area contributed by atoms with E-state index in [2.05, 4.69) is 0 Å². The van der Waals surface area contributed by atoms with Crippen molar-refractivity contribution in [1.29, 1.82) is 0 Å². The van der Waals surface area contributed by atoms with Crippen LogP contribution in [0, 0.1) is 0 Å². The van der Waals surface area contributed by atoms with Crippen molar-refractivity contribution in [3.8, 4) is 5.75 Å². The van der Waals surface area contributed by atoms with Gasteiger partial charge in [-0.25, -0.2) is 17.7 Å². The molecule has 3 aliphatic rings. The number of para-hydroxylation sites is 1. The number of nitrogens with zero attached hydrogens (tertiary/aromatic N) is 1. The van der Waals surface area contributed by atoms with Crippen molar-refractivity contribution in [3.63, 3.8) is 0 Å². The van der Waals surface area contributed by atoms with Crippen LogP contribution in [0.15, 0.2) is 36.3 Å². The van der Waals surface area contributed by atoms with Gasteiger partial charge in [-0.05, 0) is 6.07 Å². The summed E-state index contributed by atoms with van der Waals surface area (Å²) in [7, 11) is -4.41. The average molecular weight is 479 g/mol. The van der Waals surface area contributed by atoms with Crippen molar-refractivity contribution in [2.75, 3.05) is 6.61 Å². The lowest BCUT2D eigenvalue weighted by atomic mass is 9.96. The Morgan fingerprint density at radius 2 is 2.00 bits per heavy atom. The van der Waals surface area contributed by atoms with Gasteiger partial charge in [0.2, 0.25) is 11.7 Å². The maximum atomic E-state index is 14.0. The van der Waals surface area contributed by atoms with Crippen LogP contribution in [0.2, 0.25) is 0 Å². The highest BCUT2D eigenvalue weighted by Crippen LogP contribution is 2.55. The van der Waals surface area contributed by atoms with Gasteiger partial charge >= 0.3 is 7.82 Å². The number of allylic oxidation sites excluding steroid dienone is 1. The SMILES string of the molecule is O=C1CC(=O)N([C@@H]2O[C@@](COP3(=O)OCc4ccccc4O3)(C(F)F)[C@@H](O)[C@@H]2O)C=C1F. The molecule has 10 nitrogen and oxygen atoms in total. The molecule has 174 valence electrons. The minimum atomic E-state index is -4.41. The van der Waals surface area contributed by atoms with Crippen LogP contribution in [0.5, 0.6) is 5.75 Å². The van der Waals surface area contributed by atoms with Crippen LogP contribution in [-0.4, -0.2) is 63.9 Å². The van der Waals surface area contributed by atoms with Crippen LogP contribution in [0.25, 0.3) is 0 Å². The van der Waals surface area contributed by atoms with E-state index in [-0.39, 0.29) is 12.4 Å². The van der Waals surface area contributed by atoms with Crippen molar-refractivity contribution < 1.29 is 55.8 Å². The molecule has 0 bridgehead atoms. The van der Waals surface area contributed by atoms with Crippen LogP contribution in [0.1, 0.15) is 12.0 Å². The normalized spacial score (nSPS) is 35.0. The fourth-order valence-electron chi connectivity index (χ4n) is 3.44. The van der Waals surface area contributed by atoms with Gasteiger partial charge in [0.15, 0.2) is 17.7 Å². The quantitative estimate of drug-likeness (QED) is 0.475. The predicted molar refractivity (Wildman–Crippen MR) is 96.7 cm³/mol. The fraction of sp³-hybridized carbons (Fsp3) is 0.444. The minimum Gasteiger partial charge on any atom is -0.404 e. The van der Waals surface area contributed by atoms with Gasteiger partial charge in [0.1, 0.15) is 18.0 Å². The number of fused-ring (bicyclic) bond motifs is 1. The summed E-state index contributed by atoms with van der Waals surface area (Å²) < 4.78 is 74.7. The Kier molecular flexibility index (Phi) is 5.90. The number of phosphoric acid groups is 1. The Hall–Kier alpha value is -2.28. The third-order valence-electron chi connectivity index (χ3n) is 5.23. The van der Waals surface area contributed by atoms with E-state index in [1.807, 2.05) is 0 Å². The molecule has 32 heavy (non-hydrogen) atoms. The van der Waals surface area contributed by atoms with Crippen molar-refractivity contribution in [3.05, 3.63) is 41.9 Å². The number of hydrogen-bond acceptors (Lipinski definition) is 9. The average Bonchev–Trinajstić information content (AvgIpc) is 3.01. The number of carbonyl (C=O) groups excluding carboxylic acids is 2. The number of Topliss-reactive ketones (excluding diaryl/α,β-unsaturated/α-hetero) is 1. The number of ether oxygens (including phenoxy) is 1. The zero-order chi connectivity index (χ0) is 23.3. The summed E-state index contributed by atoms with van der Waals surface area (Å²) in [6.45, 7) is -1.48. The van der Waals surface area contributed by atoms with E-state index < -0.39 is 68.8 Å². The molecule has 2 N–H and O–H groups in total. The van der Waals surface area contributed by atoms with Gasteiger partial charge in [0.05, 0.1) is 19.6 Å². The third-order valence-corrected chi connectivity index (χ3v) is 6.54. The predicted octanol–water partition coefficient (Wildman–Crippen LogP) is 1.41. The number of alkyl halides is 2. The number of halogens is 3. The van der Waals surface area contributed by atoms with Gasteiger partial charge in [-0.2, -0.15) is 0 Å². The van der Waals surface area contributed by atoms with Crippen LogP contribution < -0.4 is 4.52 Å². The van der Waals surface area contributed by atoms with Gasteiger partial charge in [-0.3, -0.25) is 23.5 Å². The van der Waals surface area contributed by atoms with E-state index in [0.29, 0.717) is 16.7 Å². The van der Waals surface area contributed by atoms with E-state index in [1.165, 1.54) is 6.07 Å². The van der Waals surface area contributed by atoms with Crippen molar-refractivity contribution in [2.45, 2.75) is 43.5 Å².